The van der Waals surface area contributed by atoms with Crippen molar-refractivity contribution in [3.05, 3.63) is 24.0 Å². The maximum atomic E-state index is 5.69. The Balaban J connectivity index is 2.96. The van der Waals surface area contributed by atoms with Crippen LogP contribution in [-0.2, 0) is 0 Å². The van der Waals surface area contributed by atoms with E-state index in [1.54, 1.807) is 6.33 Å². The zero-order valence-corrected chi connectivity index (χ0v) is 6.26. The third-order valence-corrected chi connectivity index (χ3v) is 1.82. The van der Waals surface area contributed by atoms with Gasteiger partial charge in [0.05, 0.1) is 17.5 Å². The van der Waals surface area contributed by atoms with Crippen LogP contribution in [0.2, 0.25) is 0 Å². The summed E-state index contributed by atoms with van der Waals surface area (Å²) in [6.07, 6.45) is 1.66. The van der Waals surface area contributed by atoms with Crippen molar-refractivity contribution in [2.24, 2.45) is 0 Å². The van der Waals surface area contributed by atoms with Crippen molar-refractivity contribution in [2.75, 3.05) is 5.73 Å². The maximum Gasteiger partial charge on any atom is 0.111 e. The summed E-state index contributed by atoms with van der Waals surface area (Å²) in [7, 11) is 0. The average Bonchev–Trinajstić information content (AvgIpc) is 2.45. The molecule has 2 rings (SSSR count). The van der Waals surface area contributed by atoms with E-state index < -0.39 is 0 Å². The normalized spacial score (nSPS) is 10.6. The van der Waals surface area contributed by atoms with Gasteiger partial charge in [0, 0.05) is 0 Å². The molecule has 1 heterocycles. The van der Waals surface area contributed by atoms with E-state index in [1.807, 2.05) is 19.1 Å². The van der Waals surface area contributed by atoms with Gasteiger partial charge >= 0.3 is 0 Å². The highest BCUT2D eigenvalue weighted by Crippen LogP contribution is 2.19. The highest BCUT2D eigenvalue weighted by molar-refractivity contribution is 5.88. The number of nitrogens with two attached hydrogens (primary N) is 1. The van der Waals surface area contributed by atoms with Gasteiger partial charge in [-0.1, -0.05) is 6.07 Å². The van der Waals surface area contributed by atoms with Crippen molar-refractivity contribution in [3.63, 3.8) is 0 Å². The van der Waals surface area contributed by atoms with E-state index in [9.17, 15) is 0 Å². The largest absolute Gasteiger partial charge is 0.397 e. The highest BCUT2D eigenvalue weighted by Gasteiger charge is 2.01. The summed E-state index contributed by atoms with van der Waals surface area (Å²) in [6.45, 7) is 2.03. The quantitative estimate of drug-likeness (QED) is 0.554. The van der Waals surface area contributed by atoms with Crippen LogP contribution in [0.25, 0.3) is 11.0 Å². The topological polar surface area (TPSA) is 54.7 Å². The number of aryl methyl sites for hydroxylation is 1. The Morgan fingerprint density at radius 1 is 1.45 bits per heavy atom. The maximum absolute atomic E-state index is 5.69. The lowest BCUT2D eigenvalue weighted by atomic mass is 10.2. The molecular formula is C8H9N3. The lowest BCUT2D eigenvalue weighted by Gasteiger charge is -1.96. The van der Waals surface area contributed by atoms with Crippen LogP contribution in [0, 0.1) is 6.92 Å². The number of nitrogens with zero attached hydrogens (tertiary/aromatic N) is 1. The van der Waals surface area contributed by atoms with Crippen LogP contribution in [0.4, 0.5) is 5.69 Å². The van der Waals surface area contributed by atoms with Gasteiger partial charge in [0.2, 0.25) is 0 Å². The molecule has 0 fully saturated rings. The molecule has 0 aliphatic carbocycles. The van der Waals surface area contributed by atoms with Crippen LogP contribution >= 0.6 is 0 Å². The fraction of sp³-hybridized carbons (Fsp3) is 0.125. The number of anilines is 1. The first-order valence-electron chi connectivity index (χ1n) is 3.47. The summed E-state index contributed by atoms with van der Waals surface area (Å²) in [5.41, 5.74) is 9.49. The Morgan fingerprint density at radius 2 is 2.27 bits per heavy atom. The fourth-order valence-corrected chi connectivity index (χ4v) is 1.19. The summed E-state index contributed by atoms with van der Waals surface area (Å²) in [5, 5.41) is 0. The Kier molecular flexibility index (Phi) is 1.12. The number of nitrogens with one attached hydrogen (secondary N) is 1. The first-order chi connectivity index (χ1) is 5.29. The number of hydrogen-bond acceptors (Lipinski definition) is 2. The third kappa shape index (κ3) is 0.774. The van der Waals surface area contributed by atoms with Crippen LogP contribution in [0.1, 0.15) is 5.56 Å². The molecule has 1 aromatic carbocycles. The smallest absolute Gasteiger partial charge is 0.111 e. The number of nitrogen functional groups attached to an aromatic ring is 1. The van der Waals surface area contributed by atoms with Gasteiger partial charge in [0.15, 0.2) is 0 Å². The molecule has 0 bridgehead atoms. The molecule has 11 heavy (non-hydrogen) atoms. The number of aromatic nitrogens is 2. The lowest BCUT2D eigenvalue weighted by Crippen LogP contribution is -1.87. The zero-order valence-electron chi connectivity index (χ0n) is 6.26. The van der Waals surface area contributed by atoms with Gasteiger partial charge in [0.25, 0.3) is 0 Å². The molecule has 3 N–H and O–H groups in total. The molecule has 2 aromatic rings. The second kappa shape index (κ2) is 1.99. The number of hydrogen-bond donors (Lipinski definition) is 2. The van der Waals surface area contributed by atoms with Gasteiger partial charge in [0.1, 0.15) is 5.52 Å². The number of H-pyrrole nitrogens is 1. The highest BCUT2D eigenvalue weighted by atomic mass is 14.9. The van der Waals surface area contributed by atoms with Crippen LogP contribution in [0.5, 0.6) is 0 Å². The second-order valence-corrected chi connectivity index (χ2v) is 2.60. The molecule has 0 radical (unpaired) electrons. The average molecular weight is 147 g/mol. The van der Waals surface area contributed by atoms with E-state index in [1.165, 1.54) is 5.56 Å². The number of fused-ring (bicyclic) bond motifs is 1. The molecule has 1 aromatic heterocycles. The minimum Gasteiger partial charge on any atom is -0.397 e. The molecule has 0 saturated carbocycles. The molecule has 3 nitrogen and oxygen atoms in total. The van der Waals surface area contributed by atoms with E-state index >= 15 is 0 Å². The molecule has 0 saturated heterocycles. The van der Waals surface area contributed by atoms with Crippen LogP contribution < -0.4 is 5.73 Å². The minimum atomic E-state index is 0.729. The number of imidazole rings is 1. The Bertz CT molecular complexity index is 353. The fourth-order valence-electron chi connectivity index (χ4n) is 1.19. The van der Waals surface area contributed by atoms with Crippen LogP contribution in [0.3, 0.4) is 0 Å². The molecule has 0 atom stereocenters. The second-order valence-electron chi connectivity index (χ2n) is 2.60. The Hall–Kier alpha value is -1.51. The van der Waals surface area contributed by atoms with Crippen LogP contribution in [-0.4, -0.2) is 9.97 Å². The predicted molar refractivity (Wildman–Crippen MR) is 45.2 cm³/mol. The standard InChI is InChI=1S/C8H9N3/c1-5-2-3-6(9)8-7(5)10-4-11-8/h2-4H,9H2,1H3,(H,10,11). The molecule has 0 aliphatic heterocycles. The van der Waals surface area contributed by atoms with Crippen molar-refractivity contribution in [1.82, 2.24) is 9.97 Å². The lowest BCUT2D eigenvalue weighted by molar-refractivity contribution is 1.34. The van der Waals surface area contributed by atoms with E-state index in [0.29, 0.717) is 0 Å². The predicted octanol–water partition coefficient (Wildman–Crippen LogP) is 1.45. The van der Waals surface area contributed by atoms with Crippen molar-refractivity contribution < 1.29 is 0 Å². The monoisotopic (exact) mass is 147 g/mol. The van der Waals surface area contributed by atoms with Gasteiger partial charge in [-0.2, -0.15) is 0 Å². The SMILES string of the molecule is Cc1ccc(N)c2nc[nH]c12. The summed E-state index contributed by atoms with van der Waals surface area (Å²) in [5.74, 6) is 0. The molecule has 3 heteroatoms. The van der Waals surface area contributed by atoms with Crippen molar-refractivity contribution >= 4 is 16.7 Å². The van der Waals surface area contributed by atoms with Gasteiger partial charge in [-0.3, -0.25) is 0 Å². The van der Waals surface area contributed by atoms with E-state index in [2.05, 4.69) is 9.97 Å². The molecular weight excluding hydrogens is 138 g/mol. The summed E-state index contributed by atoms with van der Waals surface area (Å²) >= 11 is 0. The third-order valence-electron chi connectivity index (χ3n) is 1.82. The van der Waals surface area contributed by atoms with E-state index in [0.717, 1.165) is 16.7 Å². The van der Waals surface area contributed by atoms with Gasteiger partial charge in [-0.25, -0.2) is 4.98 Å². The minimum absolute atomic E-state index is 0.729. The first kappa shape index (κ1) is 6.22. The van der Waals surface area contributed by atoms with E-state index in [4.69, 9.17) is 5.73 Å². The Morgan fingerprint density at radius 3 is 3.00 bits per heavy atom. The Labute approximate surface area is 64.2 Å². The molecule has 0 aliphatic rings. The summed E-state index contributed by atoms with van der Waals surface area (Å²) in [6, 6.07) is 3.86. The summed E-state index contributed by atoms with van der Waals surface area (Å²) < 4.78 is 0. The molecule has 0 unspecified atom stereocenters. The van der Waals surface area contributed by atoms with Crippen molar-refractivity contribution in [1.29, 1.82) is 0 Å². The van der Waals surface area contributed by atoms with Gasteiger partial charge < -0.3 is 10.7 Å². The molecule has 0 spiro atoms. The molecule has 56 valence electrons. The summed E-state index contributed by atoms with van der Waals surface area (Å²) in [4.78, 5) is 7.14. The van der Waals surface area contributed by atoms with E-state index in [-0.39, 0.29) is 0 Å². The number of benzene rings is 1. The van der Waals surface area contributed by atoms with Gasteiger partial charge in [-0.15, -0.1) is 0 Å². The number of aromatic amines is 1. The number of rotatable bonds is 0. The van der Waals surface area contributed by atoms with Crippen molar-refractivity contribution in [2.45, 2.75) is 6.92 Å². The van der Waals surface area contributed by atoms with Crippen molar-refractivity contribution in [3.8, 4) is 0 Å². The first-order valence-corrected chi connectivity index (χ1v) is 3.47. The molecule has 0 amide bonds. The van der Waals surface area contributed by atoms with Crippen LogP contribution in [0.15, 0.2) is 18.5 Å². The van der Waals surface area contributed by atoms with Gasteiger partial charge in [-0.05, 0) is 18.6 Å². The zero-order chi connectivity index (χ0) is 7.84.